The predicted molar refractivity (Wildman–Crippen MR) is 111 cm³/mol. The van der Waals surface area contributed by atoms with Crippen molar-refractivity contribution in [3.8, 4) is 22.6 Å². The Morgan fingerprint density at radius 3 is 2.42 bits per heavy atom. The van der Waals surface area contributed by atoms with E-state index in [1.165, 1.54) is 10.5 Å². The summed E-state index contributed by atoms with van der Waals surface area (Å²) in [5.74, 6) is -2.04. The van der Waals surface area contributed by atoms with Gasteiger partial charge in [0.25, 0.3) is 0 Å². The van der Waals surface area contributed by atoms with Gasteiger partial charge >= 0.3 is 0 Å². The third-order valence-corrected chi connectivity index (χ3v) is 7.00. The zero-order valence-corrected chi connectivity index (χ0v) is 17.5. The van der Waals surface area contributed by atoms with Gasteiger partial charge in [0, 0.05) is 44.0 Å². The smallest absolute Gasteiger partial charge is 0.246 e. The molecule has 31 heavy (non-hydrogen) atoms. The number of anilines is 1. The number of nitrogens with zero attached hydrogens (tertiary/aromatic N) is 5. The molecule has 1 saturated heterocycles. The van der Waals surface area contributed by atoms with Crippen LogP contribution in [0.4, 0.5) is 14.6 Å². The number of halogens is 2. The largest absolute Gasteiger partial charge is 0.382 e. The first kappa shape index (κ1) is 21.2. The first-order chi connectivity index (χ1) is 14.8. The van der Waals surface area contributed by atoms with Crippen molar-refractivity contribution in [1.82, 2.24) is 24.2 Å². The van der Waals surface area contributed by atoms with Crippen LogP contribution in [0.2, 0.25) is 0 Å². The van der Waals surface area contributed by atoms with E-state index in [9.17, 15) is 17.2 Å². The Kier molecular flexibility index (Phi) is 5.65. The number of likely N-dealkylation sites (N-methyl/N-ethyl adjacent to an activating group) is 1. The van der Waals surface area contributed by atoms with E-state index in [4.69, 9.17) is 5.73 Å². The molecule has 0 unspecified atom stereocenters. The van der Waals surface area contributed by atoms with Crippen LogP contribution in [-0.2, 0) is 10.0 Å². The van der Waals surface area contributed by atoms with Crippen LogP contribution in [0.3, 0.4) is 0 Å². The molecule has 11 heteroatoms. The van der Waals surface area contributed by atoms with Crippen LogP contribution in [0, 0.1) is 11.6 Å². The van der Waals surface area contributed by atoms with E-state index < -0.39 is 26.6 Å². The third-order valence-electron chi connectivity index (χ3n) is 5.09. The standard InChI is InChI=1S/C20H20F2N6O2S/c1-27-6-8-28(9-7-27)31(29,30)18-10-13(14(21)11-15(18)22)17-12-25-20(23)19(26-17)16-4-2-3-5-24-16/h2-5,10-12H,6-9H2,1H3,(H2,23,25). The molecule has 0 radical (unpaired) electrons. The van der Waals surface area contributed by atoms with Crippen LogP contribution < -0.4 is 5.73 Å². The van der Waals surface area contributed by atoms with E-state index in [1.54, 1.807) is 24.4 Å². The van der Waals surface area contributed by atoms with Gasteiger partial charge < -0.3 is 10.6 Å². The fourth-order valence-electron chi connectivity index (χ4n) is 3.31. The highest BCUT2D eigenvalue weighted by atomic mass is 32.2. The lowest BCUT2D eigenvalue weighted by molar-refractivity contribution is 0.222. The Labute approximate surface area is 178 Å². The van der Waals surface area contributed by atoms with Crippen molar-refractivity contribution in [3.05, 3.63) is 54.4 Å². The van der Waals surface area contributed by atoms with Crippen LogP contribution in [0.1, 0.15) is 0 Å². The molecule has 0 saturated carbocycles. The van der Waals surface area contributed by atoms with Crippen LogP contribution >= 0.6 is 0 Å². The van der Waals surface area contributed by atoms with Crippen molar-refractivity contribution >= 4 is 15.8 Å². The Morgan fingerprint density at radius 2 is 1.74 bits per heavy atom. The van der Waals surface area contributed by atoms with Gasteiger partial charge in [-0.1, -0.05) is 6.07 Å². The number of piperazine rings is 1. The summed E-state index contributed by atoms with van der Waals surface area (Å²) in [6.07, 6.45) is 2.76. The molecular formula is C20H20F2N6O2S. The average molecular weight is 446 g/mol. The SMILES string of the molecule is CN1CCN(S(=O)(=O)c2cc(-c3cnc(N)c(-c4ccccn4)n3)c(F)cc2F)CC1. The monoisotopic (exact) mass is 446 g/mol. The Balaban J connectivity index is 1.79. The molecule has 1 aliphatic rings. The van der Waals surface area contributed by atoms with Gasteiger partial charge in [0.15, 0.2) is 5.82 Å². The first-order valence-corrected chi connectivity index (χ1v) is 10.9. The lowest BCUT2D eigenvalue weighted by atomic mass is 10.1. The highest BCUT2D eigenvalue weighted by Gasteiger charge is 2.31. The molecule has 0 amide bonds. The molecular weight excluding hydrogens is 426 g/mol. The lowest BCUT2D eigenvalue weighted by Crippen LogP contribution is -2.47. The normalized spacial score (nSPS) is 15.8. The summed E-state index contributed by atoms with van der Waals surface area (Å²) in [5.41, 5.74) is 6.35. The van der Waals surface area contributed by atoms with Crippen molar-refractivity contribution in [3.63, 3.8) is 0 Å². The average Bonchev–Trinajstić information content (AvgIpc) is 2.75. The van der Waals surface area contributed by atoms with Gasteiger partial charge in [0.1, 0.15) is 22.2 Å². The topological polar surface area (TPSA) is 105 Å². The van der Waals surface area contributed by atoms with Gasteiger partial charge in [-0.3, -0.25) is 4.98 Å². The van der Waals surface area contributed by atoms with Gasteiger partial charge in [0.2, 0.25) is 10.0 Å². The zero-order chi connectivity index (χ0) is 22.2. The third kappa shape index (κ3) is 4.11. The number of nitrogen functional groups attached to an aromatic ring is 1. The number of aromatic nitrogens is 3. The fourth-order valence-corrected chi connectivity index (χ4v) is 4.80. The molecule has 3 heterocycles. The van der Waals surface area contributed by atoms with E-state index in [0.717, 1.165) is 6.07 Å². The maximum absolute atomic E-state index is 14.7. The minimum atomic E-state index is -4.15. The number of rotatable bonds is 4. The quantitative estimate of drug-likeness (QED) is 0.654. The van der Waals surface area contributed by atoms with Gasteiger partial charge in [-0.05, 0) is 25.2 Å². The molecule has 0 aliphatic carbocycles. The van der Waals surface area contributed by atoms with Crippen molar-refractivity contribution in [2.45, 2.75) is 4.90 Å². The Morgan fingerprint density at radius 1 is 1.00 bits per heavy atom. The summed E-state index contributed by atoms with van der Waals surface area (Å²) in [6.45, 7) is 1.48. The summed E-state index contributed by atoms with van der Waals surface area (Å²) < 4.78 is 56.5. The van der Waals surface area contributed by atoms with Gasteiger partial charge in [-0.2, -0.15) is 4.31 Å². The minimum absolute atomic E-state index is 0.0159. The summed E-state index contributed by atoms with van der Waals surface area (Å²) in [5, 5.41) is 0. The molecule has 1 aliphatic heterocycles. The maximum Gasteiger partial charge on any atom is 0.246 e. The fraction of sp³-hybridized carbons (Fsp3) is 0.250. The van der Waals surface area contributed by atoms with E-state index in [1.807, 2.05) is 11.9 Å². The first-order valence-electron chi connectivity index (χ1n) is 9.49. The summed E-state index contributed by atoms with van der Waals surface area (Å²) >= 11 is 0. The van der Waals surface area contributed by atoms with E-state index in [2.05, 4.69) is 15.0 Å². The zero-order valence-electron chi connectivity index (χ0n) is 16.7. The van der Waals surface area contributed by atoms with E-state index in [-0.39, 0.29) is 35.9 Å². The van der Waals surface area contributed by atoms with E-state index >= 15 is 0 Å². The van der Waals surface area contributed by atoms with Crippen molar-refractivity contribution in [2.75, 3.05) is 39.0 Å². The second-order valence-corrected chi connectivity index (χ2v) is 9.08. The molecule has 2 aromatic heterocycles. The van der Waals surface area contributed by atoms with Crippen molar-refractivity contribution < 1.29 is 17.2 Å². The second-order valence-electron chi connectivity index (χ2n) is 7.17. The molecule has 162 valence electrons. The predicted octanol–water partition coefficient (Wildman–Crippen LogP) is 2.00. The van der Waals surface area contributed by atoms with Crippen LogP contribution in [0.15, 0.2) is 47.6 Å². The van der Waals surface area contributed by atoms with Crippen LogP contribution in [-0.4, -0.2) is 65.8 Å². The highest BCUT2D eigenvalue weighted by Crippen LogP contribution is 2.31. The summed E-state index contributed by atoms with van der Waals surface area (Å²) in [7, 11) is -2.28. The molecule has 1 fully saturated rings. The summed E-state index contributed by atoms with van der Waals surface area (Å²) in [4.78, 5) is 13.9. The number of hydrogen-bond acceptors (Lipinski definition) is 7. The molecule has 1 aromatic carbocycles. The maximum atomic E-state index is 14.7. The molecule has 3 aromatic rings. The number of sulfonamides is 1. The number of benzene rings is 1. The second kappa shape index (κ2) is 8.25. The van der Waals surface area contributed by atoms with Gasteiger partial charge in [-0.25, -0.2) is 27.2 Å². The Hall–Kier alpha value is -3.02. The summed E-state index contributed by atoms with van der Waals surface area (Å²) in [6, 6.07) is 6.62. The number of nitrogens with two attached hydrogens (primary N) is 1. The highest BCUT2D eigenvalue weighted by molar-refractivity contribution is 7.89. The van der Waals surface area contributed by atoms with Crippen LogP contribution in [0.25, 0.3) is 22.6 Å². The number of hydrogen-bond donors (Lipinski definition) is 1. The van der Waals surface area contributed by atoms with Crippen molar-refractivity contribution in [2.24, 2.45) is 0 Å². The van der Waals surface area contributed by atoms with E-state index in [0.29, 0.717) is 24.8 Å². The van der Waals surface area contributed by atoms with Gasteiger partial charge in [0.05, 0.1) is 17.6 Å². The lowest BCUT2D eigenvalue weighted by Gasteiger charge is -2.31. The molecule has 2 N–H and O–H groups in total. The Bertz CT molecular complexity index is 1220. The molecule has 8 nitrogen and oxygen atoms in total. The van der Waals surface area contributed by atoms with Crippen LogP contribution in [0.5, 0.6) is 0 Å². The number of pyridine rings is 1. The van der Waals surface area contributed by atoms with Crippen molar-refractivity contribution in [1.29, 1.82) is 0 Å². The molecule has 0 bridgehead atoms. The molecule has 4 rings (SSSR count). The molecule has 0 atom stereocenters. The van der Waals surface area contributed by atoms with Gasteiger partial charge in [-0.15, -0.1) is 0 Å². The minimum Gasteiger partial charge on any atom is -0.382 e. The molecule has 0 spiro atoms.